The highest BCUT2D eigenvalue weighted by atomic mass is 16.3. The van der Waals surface area contributed by atoms with E-state index >= 15 is 0 Å². The Morgan fingerprint density at radius 2 is 1.67 bits per heavy atom. The second-order valence-corrected chi connectivity index (χ2v) is 4.80. The zero-order chi connectivity index (χ0) is 9.78. The summed E-state index contributed by atoms with van der Waals surface area (Å²) in [5, 5.41) is 2.99. The fourth-order valence-electron chi connectivity index (χ4n) is 0.977. The van der Waals surface area contributed by atoms with Crippen molar-refractivity contribution in [2.45, 2.75) is 53.5 Å². The summed E-state index contributed by atoms with van der Waals surface area (Å²) in [5.41, 5.74) is 0.350. The zero-order valence-electron chi connectivity index (χ0n) is 8.92. The van der Waals surface area contributed by atoms with E-state index < -0.39 is 0 Å². The maximum absolute atomic E-state index is 10.1. The third kappa shape index (κ3) is 4.47. The van der Waals surface area contributed by atoms with Crippen molar-refractivity contribution < 1.29 is 0 Å². The number of nitrogens with zero attached hydrogens (tertiary/aromatic N) is 1. The molecule has 0 aliphatic rings. The van der Waals surface area contributed by atoms with Crippen LogP contribution in [-0.4, -0.2) is 6.04 Å². The Morgan fingerprint density at radius 1 is 1.17 bits per heavy atom. The van der Waals surface area contributed by atoms with Crippen molar-refractivity contribution in [3.63, 3.8) is 0 Å². The third-order valence-corrected chi connectivity index (χ3v) is 2.68. The molecule has 0 N–H and O–H groups in total. The van der Waals surface area contributed by atoms with Crippen LogP contribution in [0.3, 0.4) is 0 Å². The number of hydrogen-bond acceptors (Lipinski definition) is 2. The van der Waals surface area contributed by atoms with Crippen LogP contribution in [0, 0.1) is 16.2 Å². The highest BCUT2D eigenvalue weighted by Crippen LogP contribution is 2.29. The summed E-state index contributed by atoms with van der Waals surface area (Å²) in [7, 11) is 0. The van der Waals surface area contributed by atoms with Crippen molar-refractivity contribution in [2.24, 2.45) is 16.5 Å². The van der Waals surface area contributed by atoms with Crippen LogP contribution in [0.25, 0.3) is 0 Å². The van der Waals surface area contributed by atoms with Crippen LogP contribution in [0.5, 0.6) is 0 Å². The van der Waals surface area contributed by atoms with Gasteiger partial charge in [-0.05, 0) is 31.1 Å². The predicted molar refractivity (Wildman–Crippen MR) is 53.1 cm³/mol. The fraction of sp³-hybridized carbons (Fsp3) is 1.00. The molecule has 72 valence electrons. The Balaban J connectivity index is 3.71. The molecule has 0 spiro atoms. The lowest BCUT2D eigenvalue weighted by Gasteiger charge is -2.27. The van der Waals surface area contributed by atoms with E-state index in [0.29, 0.717) is 11.3 Å². The average molecular weight is 171 g/mol. The van der Waals surface area contributed by atoms with Crippen molar-refractivity contribution >= 4 is 0 Å². The van der Waals surface area contributed by atoms with Crippen LogP contribution in [0.2, 0.25) is 0 Å². The first-order chi connectivity index (χ1) is 5.38. The molecule has 2 heteroatoms. The molecule has 0 saturated carbocycles. The molecule has 0 bridgehead atoms. The molecule has 0 aromatic rings. The summed E-state index contributed by atoms with van der Waals surface area (Å²) >= 11 is 0. The standard InChI is InChI=1S/C10H21NO/c1-8(10(3,4)5)6-7-9(2)11-12/h8-9H,6-7H2,1-5H3. The first kappa shape index (κ1) is 11.6. The summed E-state index contributed by atoms with van der Waals surface area (Å²) in [6.45, 7) is 10.8. The summed E-state index contributed by atoms with van der Waals surface area (Å²) in [4.78, 5) is 10.1. The van der Waals surface area contributed by atoms with E-state index in [2.05, 4.69) is 32.9 Å². The molecular weight excluding hydrogens is 150 g/mol. The van der Waals surface area contributed by atoms with Gasteiger partial charge in [0.25, 0.3) is 0 Å². The fourth-order valence-corrected chi connectivity index (χ4v) is 0.977. The molecule has 0 radical (unpaired) electrons. The molecule has 0 aromatic heterocycles. The predicted octanol–water partition coefficient (Wildman–Crippen LogP) is 3.60. The van der Waals surface area contributed by atoms with Gasteiger partial charge in [-0.25, -0.2) is 0 Å². The maximum Gasteiger partial charge on any atom is 0.0891 e. The molecule has 0 aromatic carbocycles. The Bertz CT molecular complexity index is 137. The Labute approximate surface area is 75.7 Å². The molecule has 0 fully saturated rings. The largest absolute Gasteiger partial charge is 0.151 e. The van der Waals surface area contributed by atoms with E-state index in [1.54, 1.807) is 0 Å². The van der Waals surface area contributed by atoms with Gasteiger partial charge < -0.3 is 0 Å². The van der Waals surface area contributed by atoms with Crippen LogP contribution in [0.1, 0.15) is 47.5 Å². The monoisotopic (exact) mass is 171 g/mol. The summed E-state index contributed by atoms with van der Waals surface area (Å²) in [6.07, 6.45) is 2.01. The van der Waals surface area contributed by atoms with Gasteiger partial charge in [0.15, 0.2) is 0 Å². The van der Waals surface area contributed by atoms with Crippen molar-refractivity contribution in [1.82, 2.24) is 0 Å². The molecule has 0 aliphatic carbocycles. The minimum Gasteiger partial charge on any atom is -0.151 e. The Hall–Kier alpha value is -0.400. The van der Waals surface area contributed by atoms with E-state index in [-0.39, 0.29) is 6.04 Å². The van der Waals surface area contributed by atoms with E-state index in [4.69, 9.17) is 0 Å². The summed E-state index contributed by atoms with van der Waals surface area (Å²) in [6, 6.07) is -0.0187. The van der Waals surface area contributed by atoms with Gasteiger partial charge >= 0.3 is 0 Å². The lowest BCUT2D eigenvalue weighted by atomic mass is 9.79. The van der Waals surface area contributed by atoms with Gasteiger partial charge in [-0.2, -0.15) is 4.91 Å². The maximum atomic E-state index is 10.1. The Morgan fingerprint density at radius 3 is 2.00 bits per heavy atom. The summed E-state index contributed by atoms with van der Waals surface area (Å²) < 4.78 is 0. The van der Waals surface area contributed by atoms with Gasteiger partial charge in [0.05, 0.1) is 6.04 Å². The van der Waals surface area contributed by atoms with E-state index in [1.165, 1.54) is 0 Å². The number of rotatable bonds is 4. The molecule has 12 heavy (non-hydrogen) atoms. The molecule has 0 saturated heterocycles. The van der Waals surface area contributed by atoms with Crippen molar-refractivity contribution in [2.75, 3.05) is 0 Å². The van der Waals surface area contributed by atoms with Gasteiger partial charge in [0, 0.05) is 0 Å². The first-order valence-corrected chi connectivity index (χ1v) is 4.70. The highest BCUT2D eigenvalue weighted by Gasteiger charge is 2.20. The van der Waals surface area contributed by atoms with Gasteiger partial charge in [0.2, 0.25) is 0 Å². The molecule has 0 heterocycles. The van der Waals surface area contributed by atoms with Gasteiger partial charge in [-0.1, -0.05) is 32.9 Å². The van der Waals surface area contributed by atoms with Crippen molar-refractivity contribution in [1.29, 1.82) is 0 Å². The minimum absolute atomic E-state index is 0.0187. The van der Waals surface area contributed by atoms with E-state index in [1.807, 2.05) is 6.92 Å². The van der Waals surface area contributed by atoms with Gasteiger partial charge in [0.1, 0.15) is 0 Å². The topological polar surface area (TPSA) is 29.4 Å². The first-order valence-electron chi connectivity index (χ1n) is 4.70. The zero-order valence-corrected chi connectivity index (χ0v) is 8.92. The van der Waals surface area contributed by atoms with Crippen LogP contribution >= 0.6 is 0 Å². The van der Waals surface area contributed by atoms with Crippen LogP contribution in [-0.2, 0) is 0 Å². The molecule has 0 rings (SSSR count). The normalized spacial score (nSPS) is 17.1. The lowest BCUT2D eigenvalue weighted by molar-refractivity contribution is 0.239. The molecule has 0 amide bonds. The molecule has 2 atom stereocenters. The number of hydrogen-bond donors (Lipinski definition) is 0. The number of nitroso groups, excluding NO2 is 1. The minimum atomic E-state index is -0.0187. The molecule has 2 nitrogen and oxygen atoms in total. The summed E-state index contributed by atoms with van der Waals surface area (Å²) in [5.74, 6) is 0.654. The molecule has 2 unspecified atom stereocenters. The van der Waals surface area contributed by atoms with Crippen molar-refractivity contribution in [3.8, 4) is 0 Å². The second kappa shape index (κ2) is 4.58. The van der Waals surface area contributed by atoms with Crippen LogP contribution < -0.4 is 0 Å². The van der Waals surface area contributed by atoms with Crippen molar-refractivity contribution in [3.05, 3.63) is 4.91 Å². The SMILES string of the molecule is CC(CCC(C)C(C)(C)C)N=O. The van der Waals surface area contributed by atoms with Gasteiger partial charge in [-0.3, -0.25) is 0 Å². The van der Waals surface area contributed by atoms with E-state index in [0.717, 1.165) is 12.8 Å². The average Bonchev–Trinajstić information content (AvgIpc) is 1.97. The van der Waals surface area contributed by atoms with Crippen LogP contribution in [0.4, 0.5) is 0 Å². The smallest absolute Gasteiger partial charge is 0.0891 e. The lowest BCUT2D eigenvalue weighted by Crippen LogP contribution is -2.18. The van der Waals surface area contributed by atoms with Crippen LogP contribution in [0.15, 0.2) is 5.18 Å². The highest BCUT2D eigenvalue weighted by molar-refractivity contribution is 4.71. The molecular formula is C10H21NO. The second-order valence-electron chi connectivity index (χ2n) is 4.80. The third-order valence-electron chi connectivity index (χ3n) is 2.68. The quantitative estimate of drug-likeness (QED) is 0.594. The Kier molecular flexibility index (Phi) is 4.43. The van der Waals surface area contributed by atoms with Gasteiger partial charge in [-0.15, -0.1) is 0 Å². The molecule has 0 aliphatic heterocycles. The van der Waals surface area contributed by atoms with E-state index in [9.17, 15) is 4.91 Å².